The Morgan fingerprint density at radius 2 is 2.04 bits per heavy atom. The molecule has 6 nitrogen and oxygen atoms in total. The van der Waals surface area contributed by atoms with Crippen molar-refractivity contribution < 1.29 is 19.1 Å². The van der Waals surface area contributed by atoms with Gasteiger partial charge in [0.25, 0.3) is 0 Å². The molecule has 3 aliphatic heterocycles. The monoisotopic (exact) mass is 316 g/mol. The Kier molecular flexibility index (Phi) is 3.30. The minimum absolute atomic E-state index is 0.102. The number of piperidine rings is 1. The average molecular weight is 316 g/mol. The van der Waals surface area contributed by atoms with Gasteiger partial charge in [-0.15, -0.1) is 0 Å². The van der Waals surface area contributed by atoms with Crippen LogP contribution in [0.4, 0.5) is 0 Å². The maximum Gasteiger partial charge on any atom is 0.236 e. The topological polar surface area (TPSA) is 67.9 Å². The van der Waals surface area contributed by atoms with E-state index in [1.54, 1.807) is 4.90 Å². The van der Waals surface area contributed by atoms with Crippen molar-refractivity contribution in [1.29, 1.82) is 0 Å². The highest BCUT2D eigenvalue weighted by Gasteiger charge is 2.52. The van der Waals surface area contributed by atoms with Gasteiger partial charge >= 0.3 is 0 Å². The van der Waals surface area contributed by atoms with E-state index in [4.69, 9.17) is 9.47 Å². The van der Waals surface area contributed by atoms with Crippen LogP contribution < -0.4 is 10.1 Å². The lowest BCUT2D eigenvalue weighted by Gasteiger charge is -2.47. The third-order valence-corrected chi connectivity index (χ3v) is 4.92. The van der Waals surface area contributed by atoms with Crippen molar-refractivity contribution in [2.45, 2.75) is 25.0 Å². The zero-order valence-corrected chi connectivity index (χ0v) is 13.1. The van der Waals surface area contributed by atoms with Crippen LogP contribution in [-0.4, -0.2) is 48.7 Å². The van der Waals surface area contributed by atoms with E-state index in [1.807, 2.05) is 31.2 Å². The number of fused-ring (bicyclic) bond motifs is 4. The highest BCUT2D eigenvalue weighted by molar-refractivity contribution is 6.02. The predicted octanol–water partition coefficient (Wildman–Crippen LogP) is 0.874. The van der Waals surface area contributed by atoms with Gasteiger partial charge in [-0.1, -0.05) is 18.2 Å². The summed E-state index contributed by atoms with van der Waals surface area (Å²) in [4.78, 5) is 27.3. The summed E-state index contributed by atoms with van der Waals surface area (Å²) in [6, 6.07) is 7.68. The smallest absolute Gasteiger partial charge is 0.236 e. The highest BCUT2D eigenvalue weighted by atomic mass is 16.5. The zero-order valence-electron chi connectivity index (χ0n) is 13.1. The predicted molar refractivity (Wildman–Crippen MR) is 81.9 cm³/mol. The number of amides is 2. The van der Waals surface area contributed by atoms with Crippen molar-refractivity contribution in [1.82, 2.24) is 10.2 Å². The number of nitrogens with one attached hydrogen (secondary N) is 1. The number of rotatable bonds is 1. The second-order valence-corrected chi connectivity index (χ2v) is 6.59. The van der Waals surface area contributed by atoms with E-state index in [0.29, 0.717) is 32.7 Å². The Morgan fingerprint density at radius 1 is 1.30 bits per heavy atom. The average Bonchev–Trinajstić information content (AvgIpc) is 2.54. The molecule has 2 amide bonds. The molecule has 2 saturated heterocycles. The highest BCUT2D eigenvalue weighted by Crippen LogP contribution is 2.46. The first-order valence-corrected chi connectivity index (χ1v) is 8.04. The molecule has 2 fully saturated rings. The van der Waals surface area contributed by atoms with Gasteiger partial charge in [0.05, 0.1) is 13.2 Å². The van der Waals surface area contributed by atoms with E-state index in [1.165, 1.54) is 0 Å². The molecule has 23 heavy (non-hydrogen) atoms. The quantitative estimate of drug-likeness (QED) is 0.781. The van der Waals surface area contributed by atoms with Crippen LogP contribution in [0.1, 0.15) is 24.8 Å². The molecule has 0 saturated carbocycles. The van der Waals surface area contributed by atoms with Gasteiger partial charge in [-0.25, -0.2) is 0 Å². The van der Waals surface area contributed by atoms with Gasteiger partial charge in [0.15, 0.2) is 5.72 Å². The number of carbonyl (C=O) groups is 2. The lowest BCUT2D eigenvalue weighted by atomic mass is 9.74. The van der Waals surface area contributed by atoms with E-state index in [0.717, 1.165) is 11.3 Å². The molecule has 3 atom stereocenters. The van der Waals surface area contributed by atoms with Gasteiger partial charge in [-0.05, 0) is 18.6 Å². The largest absolute Gasteiger partial charge is 0.468 e. The Labute approximate surface area is 134 Å². The van der Waals surface area contributed by atoms with Crippen LogP contribution in [-0.2, 0) is 14.3 Å². The maximum absolute atomic E-state index is 12.9. The maximum atomic E-state index is 12.9. The van der Waals surface area contributed by atoms with Crippen LogP contribution in [0, 0.1) is 5.92 Å². The molecule has 122 valence electrons. The van der Waals surface area contributed by atoms with E-state index in [2.05, 4.69) is 5.32 Å². The van der Waals surface area contributed by atoms with Crippen molar-refractivity contribution in [2.24, 2.45) is 5.92 Å². The molecular weight excluding hydrogens is 296 g/mol. The number of hydrogen-bond donors (Lipinski definition) is 1. The molecular formula is C17H20N2O4. The summed E-state index contributed by atoms with van der Waals surface area (Å²) in [5, 5.41) is 2.90. The molecule has 0 aliphatic carbocycles. The minimum Gasteiger partial charge on any atom is -0.468 e. The molecule has 6 heteroatoms. The fourth-order valence-electron chi connectivity index (χ4n) is 3.85. The second-order valence-electron chi connectivity index (χ2n) is 6.59. The van der Waals surface area contributed by atoms with Crippen molar-refractivity contribution >= 4 is 11.8 Å². The van der Waals surface area contributed by atoms with Crippen LogP contribution in [0.5, 0.6) is 5.75 Å². The lowest BCUT2D eigenvalue weighted by Crippen LogP contribution is -2.63. The molecule has 0 radical (unpaired) electrons. The summed E-state index contributed by atoms with van der Waals surface area (Å²) in [7, 11) is 0. The number of para-hydroxylation sites is 1. The molecule has 3 heterocycles. The van der Waals surface area contributed by atoms with Crippen LogP contribution in [0.15, 0.2) is 24.3 Å². The summed E-state index contributed by atoms with van der Waals surface area (Å²) in [5.41, 5.74) is 0.212. The van der Waals surface area contributed by atoms with E-state index >= 15 is 0 Å². The van der Waals surface area contributed by atoms with Crippen LogP contribution in [0.25, 0.3) is 0 Å². The Morgan fingerprint density at radius 3 is 2.83 bits per heavy atom. The number of carbonyl (C=O) groups excluding carboxylic acids is 2. The van der Waals surface area contributed by atoms with Gasteiger partial charge in [0.2, 0.25) is 11.8 Å². The van der Waals surface area contributed by atoms with E-state index in [9.17, 15) is 9.59 Å². The van der Waals surface area contributed by atoms with Gasteiger partial charge in [-0.3, -0.25) is 9.59 Å². The summed E-state index contributed by atoms with van der Waals surface area (Å²) < 4.78 is 11.3. The molecule has 1 N–H and O–H groups in total. The number of nitrogens with zero attached hydrogens (tertiary/aromatic N) is 1. The number of ether oxygens (including phenoxy) is 2. The van der Waals surface area contributed by atoms with E-state index < -0.39 is 11.6 Å². The molecule has 0 spiro atoms. The molecule has 4 rings (SSSR count). The van der Waals surface area contributed by atoms with Crippen LogP contribution in [0.3, 0.4) is 0 Å². The molecule has 0 aromatic heterocycles. The summed E-state index contributed by atoms with van der Waals surface area (Å²) >= 11 is 0. The SMILES string of the molecule is C[C@@]12C[C@@H](c3ccccc3O1)[C@H](C(=O)N1CCOCC1)C(=O)N2. The Hall–Kier alpha value is -2.08. The van der Waals surface area contributed by atoms with E-state index in [-0.39, 0.29) is 17.7 Å². The first-order chi connectivity index (χ1) is 11.1. The summed E-state index contributed by atoms with van der Waals surface area (Å²) in [6.45, 7) is 4.02. The Balaban J connectivity index is 1.70. The fraction of sp³-hybridized carbons (Fsp3) is 0.529. The lowest BCUT2D eigenvalue weighted by molar-refractivity contribution is -0.154. The van der Waals surface area contributed by atoms with Crippen molar-refractivity contribution in [3.05, 3.63) is 29.8 Å². The van der Waals surface area contributed by atoms with Gasteiger partial charge in [-0.2, -0.15) is 0 Å². The van der Waals surface area contributed by atoms with Crippen LogP contribution in [0.2, 0.25) is 0 Å². The third-order valence-electron chi connectivity index (χ3n) is 4.92. The number of benzene rings is 1. The van der Waals surface area contributed by atoms with Gasteiger partial charge in [0.1, 0.15) is 11.7 Å². The summed E-state index contributed by atoms with van der Waals surface area (Å²) in [6.07, 6.45) is 0.608. The number of morpholine rings is 1. The van der Waals surface area contributed by atoms with Crippen molar-refractivity contribution in [3.8, 4) is 5.75 Å². The van der Waals surface area contributed by atoms with Crippen molar-refractivity contribution in [3.63, 3.8) is 0 Å². The Bertz CT molecular complexity index is 656. The standard InChI is InChI=1S/C17H20N2O4/c1-17-10-12(11-4-2-3-5-13(11)23-17)14(15(20)18-17)16(21)19-6-8-22-9-7-19/h2-5,12,14H,6-10H2,1H3,(H,18,20)/t12-,14-,17-/m0/s1. The fourth-order valence-corrected chi connectivity index (χ4v) is 3.85. The summed E-state index contributed by atoms with van der Waals surface area (Å²) in [5.74, 6) is -0.421. The molecule has 2 bridgehead atoms. The second kappa shape index (κ2) is 5.23. The van der Waals surface area contributed by atoms with Gasteiger partial charge in [0, 0.05) is 25.4 Å². The normalized spacial score (nSPS) is 32.6. The molecule has 0 unspecified atom stereocenters. The zero-order chi connectivity index (χ0) is 16.0. The molecule has 1 aromatic carbocycles. The minimum atomic E-state index is -0.738. The number of hydrogen-bond acceptors (Lipinski definition) is 4. The molecule has 1 aromatic rings. The van der Waals surface area contributed by atoms with Crippen molar-refractivity contribution in [2.75, 3.05) is 26.3 Å². The first kappa shape index (κ1) is 14.5. The van der Waals surface area contributed by atoms with Crippen LogP contribution >= 0.6 is 0 Å². The van der Waals surface area contributed by atoms with Gasteiger partial charge < -0.3 is 19.7 Å². The third kappa shape index (κ3) is 2.37. The first-order valence-electron chi connectivity index (χ1n) is 8.04. The molecule has 3 aliphatic rings.